The highest BCUT2D eigenvalue weighted by Crippen LogP contribution is 2.38. The van der Waals surface area contributed by atoms with Gasteiger partial charge in [-0.1, -0.05) is 55.4 Å². The van der Waals surface area contributed by atoms with Crippen LogP contribution in [0.25, 0.3) is 0 Å². The van der Waals surface area contributed by atoms with Gasteiger partial charge in [0.25, 0.3) is 0 Å². The van der Waals surface area contributed by atoms with Crippen LogP contribution in [-0.2, 0) is 11.2 Å². The fourth-order valence-electron chi connectivity index (χ4n) is 2.87. The van der Waals surface area contributed by atoms with E-state index in [-0.39, 0.29) is 5.91 Å². The number of carbonyl (C=O) groups excluding carboxylic acids is 1. The lowest BCUT2D eigenvalue weighted by molar-refractivity contribution is -0.127. The Kier molecular flexibility index (Phi) is 5.12. The van der Waals surface area contributed by atoms with Crippen LogP contribution in [0.4, 0.5) is 0 Å². The van der Waals surface area contributed by atoms with E-state index in [9.17, 15) is 4.79 Å². The van der Waals surface area contributed by atoms with Crippen LogP contribution >= 0.6 is 12.2 Å². The minimum absolute atomic E-state index is 0.0237. The van der Waals surface area contributed by atoms with E-state index < -0.39 is 5.41 Å². The number of hydrogen-bond donors (Lipinski definition) is 2. The van der Waals surface area contributed by atoms with Crippen LogP contribution in [0.3, 0.4) is 0 Å². The van der Waals surface area contributed by atoms with Gasteiger partial charge in [0.1, 0.15) is 0 Å². The zero-order valence-electron chi connectivity index (χ0n) is 11.7. The van der Waals surface area contributed by atoms with E-state index >= 15 is 0 Å². The number of rotatable bonds is 6. The molecule has 2 rings (SSSR count). The van der Waals surface area contributed by atoms with Crippen LogP contribution in [-0.4, -0.2) is 17.4 Å². The van der Waals surface area contributed by atoms with Crippen LogP contribution in [0.15, 0.2) is 30.3 Å². The van der Waals surface area contributed by atoms with E-state index in [0.29, 0.717) is 11.5 Å². The summed E-state index contributed by atoms with van der Waals surface area (Å²) in [6.07, 6.45) is 5.58. The van der Waals surface area contributed by atoms with E-state index in [4.69, 9.17) is 18.0 Å². The van der Waals surface area contributed by atoms with Gasteiger partial charge in [0, 0.05) is 6.54 Å². The molecule has 108 valence electrons. The summed E-state index contributed by atoms with van der Waals surface area (Å²) in [5, 5.41) is 3.01. The fourth-order valence-corrected chi connectivity index (χ4v) is 3.17. The summed E-state index contributed by atoms with van der Waals surface area (Å²) in [7, 11) is 0. The number of nitrogens with two attached hydrogens (primary N) is 1. The highest BCUT2D eigenvalue weighted by molar-refractivity contribution is 7.80. The van der Waals surface area contributed by atoms with Crippen LogP contribution < -0.4 is 11.1 Å². The number of carbonyl (C=O) groups is 1. The first kappa shape index (κ1) is 15.0. The fraction of sp³-hybridized carbons (Fsp3) is 0.500. The van der Waals surface area contributed by atoms with Crippen LogP contribution in [0.1, 0.15) is 37.7 Å². The van der Waals surface area contributed by atoms with E-state index in [1.54, 1.807) is 0 Å². The molecule has 1 aliphatic carbocycles. The van der Waals surface area contributed by atoms with Crippen molar-refractivity contribution in [3.63, 3.8) is 0 Å². The molecule has 1 aromatic rings. The van der Waals surface area contributed by atoms with Gasteiger partial charge in [0.2, 0.25) is 5.91 Å². The van der Waals surface area contributed by atoms with Crippen molar-refractivity contribution in [2.24, 2.45) is 11.1 Å². The van der Waals surface area contributed by atoms with Crippen LogP contribution in [0.5, 0.6) is 0 Å². The van der Waals surface area contributed by atoms with Crippen molar-refractivity contribution in [1.82, 2.24) is 5.32 Å². The Hall–Kier alpha value is -1.42. The van der Waals surface area contributed by atoms with Crippen molar-refractivity contribution < 1.29 is 4.79 Å². The average Bonchev–Trinajstić information content (AvgIpc) is 2.95. The van der Waals surface area contributed by atoms with Crippen LogP contribution in [0.2, 0.25) is 0 Å². The molecule has 0 heterocycles. The molecule has 1 amide bonds. The Morgan fingerprint density at radius 1 is 1.25 bits per heavy atom. The summed E-state index contributed by atoms with van der Waals surface area (Å²) in [5.74, 6) is 0.0237. The first-order valence-electron chi connectivity index (χ1n) is 7.27. The van der Waals surface area contributed by atoms with Gasteiger partial charge in [-0.25, -0.2) is 0 Å². The van der Waals surface area contributed by atoms with E-state index in [2.05, 4.69) is 17.4 Å². The lowest BCUT2D eigenvalue weighted by Crippen LogP contribution is -2.47. The number of aryl methyl sites for hydroxylation is 1. The summed E-state index contributed by atoms with van der Waals surface area (Å²) in [6.45, 7) is 0.679. The predicted molar refractivity (Wildman–Crippen MR) is 85.5 cm³/mol. The number of amides is 1. The molecule has 1 aromatic carbocycles. The Morgan fingerprint density at radius 3 is 2.50 bits per heavy atom. The molecular weight excluding hydrogens is 268 g/mol. The largest absolute Gasteiger partial charge is 0.392 e. The molecule has 1 fully saturated rings. The Labute approximate surface area is 125 Å². The normalized spacial score (nSPS) is 16.8. The van der Waals surface area contributed by atoms with Crippen molar-refractivity contribution in [1.29, 1.82) is 0 Å². The summed E-state index contributed by atoms with van der Waals surface area (Å²) >= 11 is 5.12. The SMILES string of the molecule is NC(=S)C1(C(=O)NCCCc2ccccc2)CCCC1. The second-order valence-electron chi connectivity index (χ2n) is 5.50. The van der Waals surface area contributed by atoms with Gasteiger partial charge in [-0.2, -0.15) is 0 Å². The summed E-state index contributed by atoms with van der Waals surface area (Å²) in [5.41, 5.74) is 6.52. The zero-order chi connectivity index (χ0) is 14.4. The molecule has 0 atom stereocenters. The molecule has 0 radical (unpaired) electrons. The smallest absolute Gasteiger partial charge is 0.233 e. The highest BCUT2D eigenvalue weighted by atomic mass is 32.1. The minimum atomic E-state index is -0.581. The second kappa shape index (κ2) is 6.84. The lowest BCUT2D eigenvalue weighted by Gasteiger charge is -2.26. The molecule has 3 N–H and O–H groups in total. The first-order valence-corrected chi connectivity index (χ1v) is 7.68. The molecule has 4 heteroatoms. The zero-order valence-corrected chi connectivity index (χ0v) is 12.5. The van der Waals surface area contributed by atoms with Gasteiger partial charge >= 0.3 is 0 Å². The molecule has 1 aliphatic rings. The molecular formula is C16H22N2OS. The Bertz CT molecular complexity index is 467. The average molecular weight is 290 g/mol. The third kappa shape index (κ3) is 3.37. The van der Waals surface area contributed by atoms with Crippen molar-refractivity contribution in [3.8, 4) is 0 Å². The van der Waals surface area contributed by atoms with Gasteiger partial charge in [-0.15, -0.1) is 0 Å². The van der Waals surface area contributed by atoms with Crippen molar-refractivity contribution in [3.05, 3.63) is 35.9 Å². The number of thiocarbonyl (C=S) groups is 1. The molecule has 0 bridgehead atoms. The van der Waals surface area contributed by atoms with Gasteiger partial charge in [-0.3, -0.25) is 4.79 Å². The van der Waals surface area contributed by atoms with E-state index in [0.717, 1.165) is 38.5 Å². The van der Waals surface area contributed by atoms with Crippen molar-refractivity contribution in [2.45, 2.75) is 38.5 Å². The van der Waals surface area contributed by atoms with Gasteiger partial charge in [-0.05, 0) is 31.2 Å². The molecule has 0 aliphatic heterocycles. The van der Waals surface area contributed by atoms with Gasteiger partial charge < -0.3 is 11.1 Å². The molecule has 0 unspecified atom stereocenters. The number of nitrogens with one attached hydrogen (secondary N) is 1. The topological polar surface area (TPSA) is 55.1 Å². The summed E-state index contributed by atoms with van der Waals surface area (Å²) in [6, 6.07) is 10.3. The maximum absolute atomic E-state index is 12.3. The Balaban J connectivity index is 1.79. The highest BCUT2D eigenvalue weighted by Gasteiger charge is 2.43. The quantitative estimate of drug-likeness (QED) is 0.625. The van der Waals surface area contributed by atoms with E-state index in [1.165, 1.54) is 5.56 Å². The van der Waals surface area contributed by atoms with Gasteiger partial charge in [0.05, 0.1) is 10.4 Å². The standard InChI is InChI=1S/C16H22N2OS/c17-14(20)16(10-4-5-11-16)15(19)18-12-6-9-13-7-2-1-3-8-13/h1-3,7-8H,4-6,9-12H2,(H2,17,20)(H,18,19). The summed E-state index contributed by atoms with van der Waals surface area (Å²) in [4.78, 5) is 12.7. The number of benzene rings is 1. The molecule has 20 heavy (non-hydrogen) atoms. The molecule has 0 saturated heterocycles. The molecule has 1 saturated carbocycles. The maximum Gasteiger partial charge on any atom is 0.233 e. The van der Waals surface area contributed by atoms with Crippen molar-refractivity contribution >= 4 is 23.1 Å². The minimum Gasteiger partial charge on any atom is -0.392 e. The molecule has 0 spiro atoms. The van der Waals surface area contributed by atoms with Crippen LogP contribution in [0, 0.1) is 5.41 Å². The maximum atomic E-state index is 12.3. The van der Waals surface area contributed by atoms with E-state index in [1.807, 2.05) is 18.2 Å². The van der Waals surface area contributed by atoms with Crippen molar-refractivity contribution in [2.75, 3.05) is 6.54 Å². The van der Waals surface area contributed by atoms with Gasteiger partial charge in [0.15, 0.2) is 0 Å². The monoisotopic (exact) mass is 290 g/mol. The second-order valence-corrected chi connectivity index (χ2v) is 5.94. The molecule has 3 nitrogen and oxygen atoms in total. The Morgan fingerprint density at radius 2 is 1.90 bits per heavy atom. The third-order valence-corrected chi connectivity index (χ3v) is 4.52. The third-order valence-electron chi connectivity index (χ3n) is 4.13. The first-order chi connectivity index (χ1) is 9.65. The molecule has 0 aromatic heterocycles. The predicted octanol–water partition coefficient (Wildman–Crippen LogP) is 2.58. The summed E-state index contributed by atoms with van der Waals surface area (Å²) < 4.78 is 0. The number of hydrogen-bond acceptors (Lipinski definition) is 2. The lowest BCUT2D eigenvalue weighted by atomic mass is 9.85.